The van der Waals surface area contributed by atoms with Gasteiger partial charge in [0.15, 0.2) is 0 Å². The van der Waals surface area contributed by atoms with Crippen LogP contribution in [0.15, 0.2) is 17.3 Å². The van der Waals surface area contributed by atoms with Gasteiger partial charge in [-0.2, -0.15) is 8.78 Å². The summed E-state index contributed by atoms with van der Waals surface area (Å²) in [6.07, 6.45) is 3.31. The second-order valence-electron chi connectivity index (χ2n) is 0.961. The standard InChI is InChI=1S/C4H6F2N2/c5-4(6)8-3-1-2-7/h1-4H,7H2/b2-1-,8-3+. The lowest BCUT2D eigenvalue weighted by molar-refractivity contribution is 0.161. The van der Waals surface area contributed by atoms with Gasteiger partial charge in [0.05, 0.1) is 0 Å². The molecule has 0 aromatic carbocycles. The third kappa shape index (κ3) is 5.07. The average Bonchev–Trinajstić information content (AvgIpc) is 1.66. The summed E-state index contributed by atoms with van der Waals surface area (Å²) in [7, 11) is 0. The van der Waals surface area contributed by atoms with Gasteiger partial charge in [-0.05, 0) is 12.3 Å². The van der Waals surface area contributed by atoms with Gasteiger partial charge in [0, 0.05) is 6.21 Å². The monoisotopic (exact) mass is 120 g/mol. The molecule has 0 bridgehead atoms. The zero-order valence-electron chi connectivity index (χ0n) is 4.09. The second-order valence-corrected chi connectivity index (χ2v) is 0.961. The highest BCUT2D eigenvalue weighted by Crippen LogP contribution is 1.89. The maximum Gasteiger partial charge on any atom is 0.331 e. The Hall–Kier alpha value is -0.930. The van der Waals surface area contributed by atoms with Gasteiger partial charge in [-0.3, -0.25) is 0 Å². The zero-order valence-corrected chi connectivity index (χ0v) is 4.09. The Morgan fingerprint density at radius 3 is 2.50 bits per heavy atom. The first-order chi connectivity index (χ1) is 3.77. The largest absolute Gasteiger partial charge is 0.405 e. The molecule has 0 fully saturated rings. The van der Waals surface area contributed by atoms with Crippen molar-refractivity contribution in [3.05, 3.63) is 12.3 Å². The topological polar surface area (TPSA) is 38.4 Å². The van der Waals surface area contributed by atoms with Crippen LogP contribution in [0.5, 0.6) is 0 Å². The number of nitrogens with two attached hydrogens (primary N) is 1. The van der Waals surface area contributed by atoms with E-state index in [9.17, 15) is 8.78 Å². The van der Waals surface area contributed by atoms with Crippen molar-refractivity contribution in [2.75, 3.05) is 0 Å². The van der Waals surface area contributed by atoms with Gasteiger partial charge in [-0.15, -0.1) is 0 Å². The summed E-state index contributed by atoms with van der Waals surface area (Å²) in [5.41, 5.74) is 4.80. The molecule has 0 atom stereocenters. The first-order valence-electron chi connectivity index (χ1n) is 1.95. The van der Waals surface area contributed by atoms with E-state index in [4.69, 9.17) is 5.73 Å². The number of alkyl halides is 2. The molecule has 0 radical (unpaired) electrons. The molecule has 0 aliphatic heterocycles. The summed E-state index contributed by atoms with van der Waals surface area (Å²) >= 11 is 0. The van der Waals surface area contributed by atoms with Gasteiger partial charge in [0.1, 0.15) is 0 Å². The number of aliphatic imine (C=N–C) groups is 1. The van der Waals surface area contributed by atoms with E-state index < -0.39 is 6.55 Å². The summed E-state index contributed by atoms with van der Waals surface area (Å²) in [6.45, 7) is -2.63. The highest BCUT2D eigenvalue weighted by molar-refractivity contribution is 5.70. The molecule has 0 aromatic heterocycles. The van der Waals surface area contributed by atoms with E-state index in [1.807, 2.05) is 0 Å². The minimum atomic E-state index is -2.63. The normalized spacial score (nSPS) is 12.4. The van der Waals surface area contributed by atoms with Gasteiger partial charge in [0.2, 0.25) is 0 Å². The first-order valence-corrected chi connectivity index (χ1v) is 1.95. The molecule has 8 heavy (non-hydrogen) atoms. The van der Waals surface area contributed by atoms with E-state index in [0.29, 0.717) is 0 Å². The Labute approximate surface area is 45.7 Å². The van der Waals surface area contributed by atoms with Crippen molar-refractivity contribution in [2.24, 2.45) is 10.7 Å². The lowest BCUT2D eigenvalue weighted by Gasteiger charge is -1.80. The van der Waals surface area contributed by atoms with Crippen molar-refractivity contribution in [2.45, 2.75) is 6.55 Å². The van der Waals surface area contributed by atoms with Crippen LogP contribution in [0.1, 0.15) is 0 Å². The molecule has 0 rings (SSSR count). The number of rotatable bonds is 2. The van der Waals surface area contributed by atoms with Crippen molar-refractivity contribution in [1.82, 2.24) is 0 Å². The molecule has 0 unspecified atom stereocenters. The molecule has 0 saturated heterocycles. The van der Waals surface area contributed by atoms with Crippen LogP contribution in [0.4, 0.5) is 8.78 Å². The lowest BCUT2D eigenvalue weighted by atomic mass is 10.7. The molecule has 0 saturated carbocycles. The smallest absolute Gasteiger partial charge is 0.331 e. The summed E-state index contributed by atoms with van der Waals surface area (Å²) in [4.78, 5) is 2.69. The van der Waals surface area contributed by atoms with Crippen molar-refractivity contribution < 1.29 is 8.78 Å². The fraction of sp³-hybridized carbons (Fsp3) is 0.250. The number of allylic oxidation sites excluding steroid dienone is 1. The molecule has 2 nitrogen and oxygen atoms in total. The Morgan fingerprint density at radius 1 is 1.50 bits per heavy atom. The Bertz CT molecular complexity index is 98.2. The van der Waals surface area contributed by atoms with Gasteiger partial charge in [-0.25, -0.2) is 4.99 Å². The molecule has 0 aromatic rings. The average molecular weight is 120 g/mol. The van der Waals surface area contributed by atoms with Crippen LogP contribution in [0, 0.1) is 0 Å². The van der Waals surface area contributed by atoms with Crippen molar-refractivity contribution in [3.63, 3.8) is 0 Å². The van der Waals surface area contributed by atoms with E-state index in [0.717, 1.165) is 12.4 Å². The van der Waals surface area contributed by atoms with Gasteiger partial charge < -0.3 is 5.73 Å². The summed E-state index contributed by atoms with van der Waals surface area (Å²) in [6, 6.07) is 0. The van der Waals surface area contributed by atoms with E-state index in [-0.39, 0.29) is 0 Å². The van der Waals surface area contributed by atoms with Crippen LogP contribution in [0.2, 0.25) is 0 Å². The number of halogens is 2. The molecule has 0 spiro atoms. The number of hydrogen-bond acceptors (Lipinski definition) is 2. The van der Waals surface area contributed by atoms with Crippen LogP contribution >= 0.6 is 0 Å². The maximum absolute atomic E-state index is 11.1. The third-order valence-corrected chi connectivity index (χ3v) is 0.396. The van der Waals surface area contributed by atoms with Gasteiger partial charge in [-0.1, -0.05) is 0 Å². The maximum atomic E-state index is 11.1. The van der Waals surface area contributed by atoms with E-state index in [2.05, 4.69) is 4.99 Å². The molecule has 0 amide bonds. The van der Waals surface area contributed by atoms with Crippen LogP contribution in [0.3, 0.4) is 0 Å². The van der Waals surface area contributed by atoms with Gasteiger partial charge in [0.25, 0.3) is 0 Å². The number of hydrogen-bond donors (Lipinski definition) is 1. The predicted octanol–water partition coefficient (Wildman–Crippen LogP) is 0.752. The molecular weight excluding hydrogens is 114 g/mol. The number of nitrogens with zero attached hydrogens (tertiary/aromatic N) is 1. The van der Waals surface area contributed by atoms with Crippen molar-refractivity contribution in [3.8, 4) is 0 Å². The quantitative estimate of drug-likeness (QED) is 0.424. The lowest BCUT2D eigenvalue weighted by Crippen LogP contribution is -1.82. The fourth-order valence-corrected chi connectivity index (χ4v) is 0.164. The highest BCUT2D eigenvalue weighted by Gasteiger charge is 1.89. The molecule has 0 aliphatic carbocycles. The minimum absolute atomic E-state index is 0.949. The van der Waals surface area contributed by atoms with Crippen LogP contribution < -0.4 is 5.73 Å². The van der Waals surface area contributed by atoms with E-state index in [1.165, 1.54) is 6.08 Å². The van der Waals surface area contributed by atoms with Crippen molar-refractivity contribution >= 4 is 6.21 Å². The molecular formula is C4H6F2N2. The second kappa shape index (κ2) is 4.23. The molecule has 2 N–H and O–H groups in total. The first kappa shape index (κ1) is 7.07. The third-order valence-electron chi connectivity index (χ3n) is 0.396. The molecule has 0 aliphatic rings. The molecule has 0 heterocycles. The minimum Gasteiger partial charge on any atom is -0.405 e. The zero-order chi connectivity index (χ0) is 6.41. The summed E-state index contributed by atoms with van der Waals surface area (Å²) in [5.74, 6) is 0. The van der Waals surface area contributed by atoms with Crippen LogP contribution in [-0.2, 0) is 0 Å². The van der Waals surface area contributed by atoms with Crippen LogP contribution in [-0.4, -0.2) is 12.8 Å². The summed E-state index contributed by atoms with van der Waals surface area (Å²) < 4.78 is 22.2. The predicted molar refractivity (Wildman–Crippen MR) is 27.8 cm³/mol. The van der Waals surface area contributed by atoms with Crippen molar-refractivity contribution in [1.29, 1.82) is 0 Å². The fourth-order valence-electron chi connectivity index (χ4n) is 0.164. The van der Waals surface area contributed by atoms with Crippen LogP contribution in [0.25, 0.3) is 0 Å². The Balaban J connectivity index is 3.34. The Kier molecular flexibility index (Phi) is 3.74. The van der Waals surface area contributed by atoms with E-state index in [1.54, 1.807) is 0 Å². The van der Waals surface area contributed by atoms with E-state index >= 15 is 0 Å². The Morgan fingerprint density at radius 2 is 2.12 bits per heavy atom. The molecule has 4 heteroatoms. The SMILES string of the molecule is N/C=C\C=N\C(F)F. The van der Waals surface area contributed by atoms with Gasteiger partial charge >= 0.3 is 6.55 Å². The summed E-state index contributed by atoms with van der Waals surface area (Å²) in [5, 5.41) is 0. The highest BCUT2D eigenvalue weighted by atomic mass is 19.3. The molecule has 46 valence electrons.